The number of benzene rings is 2. The van der Waals surface area contributed by atoms with Gasteiger partial charge in [-0.05, 0) is 65.3 Å². The van der Waals surface area contributed by atoms with Gasteiger partial charge in [-0.3, -0.25) is 0 Å². The monoisotopic (exact) mass is 485 g/mol. The zero-order chi connectivity index (χ0) is 24.4. The standard InChI is InChI=1S/C27H27N5O2S/c1-17-28-25(16-32(17)30-18(2)33-3)22-12-21-14-23(34-4)13-20(24(21)15-22)10-11-26-29-27(35-31-26)19-8-6-5-7-9-19/h5-9,13-16H,10-12H2,1-4H3/b30-18+. The molecule has 4 aromatic rings. The predicted molar refractivity (Wildman–Crippen MR) is 140 cm³/mol. The van der Waals surface area contributed by atoms with E-state index >= 15 is 0 Å². The molecule has 0 spiro atoms. The van der Waals surface area contributed by atoms with Crippen LogP contribution in [-0.4, -0.2) is 39.1 Å². The fraction of sp³-hybridized carbons (Fsp3) is 0.259. The van der Waals surface area contributed by atoms with E-state index in [1.807, 2.05) is 38.2 Å². The van der Waals surface area contributed by atoms with Gasteiger partial charge < -0.3 is 9.47 Å². The Morgan fingerprint density at radius 1 is 1.11 bits per heavy atom. The number of imidazole rings is 1. The zero-order valence-corrected chi connectivity index (χ0v) is 21.1. The van der Waals surface area contributed by atoms with Gasteiger partial charge >= 0.3 is 0 Å². The minimum atomic E-state index is 0.582. The Labute approximate surface area is 209 Å². The van der Waals surface area contributed by atoms with Crippen molar-refractivity contribution in [3.05, 3.63) is 82.7 Å². The molecule has 0 aliphatic heterocycles. The number of fused-ring (bicyclic) bond motifs is 1. The van der Waals surface area contributed by atoms with Crippen LogP contribution in [0.5, 0.6) is 5.75 Å². The number of ether oxygens (including phenoxy) is 2. The number of rotatable bonds is 7. The minimum Gasteiger partial charge on any atom is -0.497 e. The van der Waals surface area contributed by atoms with Crippen LogP contribution in [0, 0.1) is 6.92 Å². The molecule has 0 fully saturated rings. The average Bonchev–Trinajstić information content (AvgIpc) is 3.61. The second-order valence-electron chi connectivity index (χ2n) is 8.43. The Kier molecular flexibility index (Phi) is 6.46. The molecular formula is C27H27N5O2S. The van der Waals surface area contributed by atoms with E-state index in [-0.39, 0.29) is 0 Å². The maximum Gasteiger partial charge on any atom is 0.203 e. The topological polar surface area (TPSA) is 74.4 Å². The highest BCUT2D eigenvalue weighted by atomic mass is 32.1. The molecule has 0 saturated carbocycles. The molecule has 1 aliphatic carbocycles. The van der Waals surface area contributed by atoms with Gasteiger partial charge in [0.25, 0.3) is 0 Å². The van der Waals surface area contributed by atoms with E-state index in [1.165, 1.54) is 33.8 Å². The third-order valence-electron chi connectivity index (χ3n) is 6.10. The van der Waals surface area contributed by atoms with E-state index in [2.05, 4.69) is 39.8 Å². The fourth-order valence-corrected chi connectivity index (χ4v) is 4.92. The first kappa shape index (κ1) is 23.0. The lowest BCUT2D eigenvalue weighted by Crippen LogP contribution is -1.99. The highest BCUT2D eigenvalue weighted by molar-refractivity contribution is 7.09. The summed E-state index contributed by atoms with van der Waals surface area (Å²) >= 11 is 1.45. The van der Waals surface area contributed by atoms with Crippen LogP contribution in [-0.2, 0) is 24.0 Å². The number of allylic oxidation sites excluding steroid dienone is 1. The van der Waals surface area contributed by atoms with Crippen LogP contribution in [0.4, 0.5) is 0 Å². The maximum atomic E-state index is 5.61. The van der Waals surface area contributed by atoms with E-state index in [1.54, 1.807) is 18.9 Å². The molecule has 2 heterocycles. The van der Waals surface area contributed by atoms with Crippen molar-refractivity contribution < 1.29 is 9.47 Å². The molecule has 2 aromatic carbocycles. The van der Waals surface area contributed by atoms with Crippen LogP contribution in [0.25, 0.3) is 22.2 Å². The zero-order valence-electron chi connectivity index (χ0n) is 20.3. The molecule has 0 atom stereocenters. The van der Waals surface area contributed by atoms with Gasteiger partial charge in [-0.15, -0.1) is 5.10 Å². The molecule has 1 aliphatic rings. The lowest BCUT2D eigenvalue weighted by Gasteiger charge is -2.10. The summed E-state index contributed by atoms with van der Waals surface area (Å²) in [6.07, 6.45) is 6.60. The summed E-state index contributed by atoms with van der Waals surface area (Å²) in [6.45, 7) is 3.76. The largest absolute Gasteiger partial charge is 0.497 e. The first-order chi connectivity index (χ1) is 17.0. The Balaban J connectivity index is 1.39. The first-order valence-electron chi connectivity index (χ1n) is 11.5. The molecular weight excluding hydrogens is 458 g/mol. The molecule has 0 radical (unpaired) electrons. The molecule has 7 nitrogen and oxygen atoms in total. The molecule has 0 N–H and O–H groups in total. The van der Waals surface area contributed by atoms with Crippen LogP contribution in [0.15, 0.2) is 53.8 Å². The minimum absolute atomic E-state index is 0.582. The summed E-state index contributed by atoms with van der Waals surface area (Å²) in [4.78, 5) is 9.51. The Bertz CT molecular complexity index is 1420. The van der Waals surface area contributed by atoms with E-state index in [4.69, 9.17) is 19.4 Å². The molecule has 0 saturated heterocycles. The summed E-state index contributed by atoms with van der Waals surface area (Å²) < 4.78 is 17.2. The van der Waals surface area contributed by atoms with Crippen molar-refractivity contribution in [2.24, 2.45) is 5.10 Å². The molecule has 178 valence electrons. The Morgan fingerprint density at radius 3 is 2.71 bits per heavy atom. The normalized spacial score (nSPS) is 13.0. The first-order valence-corrected chi connectivity index (χ1v) is 12.3. The van der Waals surface area contributed by atoms with Crippen LogP contribution in [0.1, 0.15) is 41.0 Å². The summed E-state index contributed by atoms with van der Waals surface area (Å²) in [5.41, 5.74) is 6.91. The fourth-order valence-electron chi connectivity index (χ4n) is 4.21. The molecule has 0 amide bonds. The number of aryl methyl sites for hydroxylation is 3. The number of aromatic nitrogens is 4. The van der Waals surface area contributed by atoms with Crippen molar-refractivity contribution in [2.75, 3.05) is 14.2 Å². The van der Waals surface area contributed by atoms with E-state index in [9.17, 15) is 0 Å². The molecule has 35 heavy (non-hydrogen) atoms. The summed E-state index contributed by atoms with van der Waals surface area (Å²) in [5.74, 6) is 3.13. The lowest BCUT2D eigenvalue weighted by atomic mass is 9.99. The highest BCUT2D eigenvalue weighted by Crippen LogP contribution is 2.36. The third kappa shape index (κ3) is 4.88. The van der Waals surface area contributed by atoms with Crippen LogP contribution >= 0.6 is 11.5 Å². The van der Waals surface area contributed by atoms with Gasteiger partial charge in [-0.2, -0.15) is 4.37 Å². The summed E-state index contributed by atoms with van der Waals surface area (Å²) in [5, 5.41) is 5.39. The van der Waals surface area contributed by atoms with E-state index in [0.717, 1.165) is 52.9 Å². The van der Waals surface area contributed by atoms with Crippen LogP contribution in [0.3, 0.4) is 0 Å². The third-order valence-corrected chi connectivity index (χ3v) is 6.90. The predicted octanol–water partition coefficient (Wildman–Crippen LogP) is 5.43. The number of hydrogen-bond acceptors (Lipinski definition) is 7. The van der Waals surface area contributed by atoms with Crippen molar-refractivity contribution in [1.82, 2.24) is 19.0 Å². The van der Waals surface area contributed by atoms with Crippen LogP contribution in [0.2, 0.25) is 0 Å². The molecule has 5 rings (SSSR count). The summed E-state index contributed by atoms with van der Waals surface area (Å²) in [7, 11) is 3.32. The second-order valence-corrected chi connectivity index (χ2v) is 9.18. The van der Waals surface area contributed by atoms with Crippen molar-refractivity contribution in [3.8, 4) is 16.3 Å². The van der Waals surface area contributed by atoms with Gasteiger partial charge in [-0.1, -0.05) is 30.3 Å². The summed E-state index contributed by atoms with van der Waals surface area (Å²) in [6, 6.07) is 14.4. The highest BCUT2D eigenvalue weighted by Gasteiger charge is 2.21. The van der Waals surface area contributed by atoms with Crippen molar-refractivity contribution >= 4 is 29.1 Å². The molecule has 2 aromatic heterocycles. The van der Waals surface area contributed by atoms with Gasteiger partial charge in [0, 0.05) is 25.3 Å². The smallest absolute Gasteiger partial charge is 0.203 e. The SMILES string of the molecule is CO/C(C)=N/n1cc(C2=Cc3c(CCc4nsc(-c5ccccc5)n4)cc(OC)cc3C2)nc1C. The second kappa shape index (κ2) is 9.84. The van der Waals surface area contributed by atoms with Crippen molar-refractivity contribution in [1.29, 1.82) is 0 Å². The van der Waals surface area contributed by atoms with E-state index in [0.29, 0.717) is 5.90 Å². The molecule has 0 unspecified atom stereocenters. The number of nitrogens with zero attached hydrogens (tertiary/aromatic N) is 5. The van der Waals surface area contributed by atoms with Gasteiger partial charge in [0.1, 0.15) is 22.4 Å². The van der Waals surface area contributed by atoms with Gasteiger partial charge in [0.2, 0.25) is 5.90 Å². The van der Waals surface area contributed by atoms with Crippen LogP contribution < -0.4 is 4.74 Å². The Hall–Kier alpha value is -3.78. The number of hydrogen-bond donors (Lipinski definition) is 0. The van der Waals surface area contributed by atoms with Crippen molar-refractivity contribution in [2.45, 2.75) is 33.1 Å². The van der Waals surface area contributed by atoms with Gasteiger partial charge in [0.15, 0.2) is 0 Å². The van der Waals surface area contributed by atoms with Gasteiger partial charge in [0.05, 0.1) is 26.1 Å². The Morgan fingerprint density at radius 2 is 1.94 bits per heavy atom. The van der Waals surface area contributed by atoms with E-state index < -0.39 is 0 Å². The van der Waals surface area contributed by atoms with Crippen molar-refractivity contribution in [3.63, 3.8) is 0 Å². The number of methoxy groups -OCH3 is 2. The van der Waals surface area contributed by atoms with Gasteiger partial charge in [-0.25, -0.2) is 14.6 Å². The quantitative estimate of drug-likeness (QED) is 0.258. The lowest BCUT2D eigenvalue weighted by molar-refractivity contribution is 0.394. The average molecular weight is 486 g/mol. The molecule has 8 heteroatoms. The maximum absolute atomic E-state index is 5.61. The molecule has 0 bridgehead atoms.